The molecule has 0 aliphatic carbocycles. The van der Waals surface area contributed by atoms with Crippen molar-refractivity contribution in [1.29, 1.82) is 0 Å². The van der Waals surface area contributed by atoms with Gasteiger partial charge in [-0.25, -0.2) is 0 Å². The third kappa shape index (κ3) is 3.69. The Balaban J connectivity index is 1.91. The Hall–Kier alpha value is -3.13. The smallest absolute Gasteiger partial charge is 0.252 e. The third-order valence-electron chi connectivity index (χ3n) is 3.55. The molecule has 1 atom stereocenters. The van der Waals surface area contributed by atoms with Crippen molar-refractivity contribution < 1.29 is 14.6 Å². The van der Waals surface area contributed by atoms with Crippen LogP contribution < -0.4 is 15.8 Å². The minimum Gasteiger partial charge on any atom is -0.504 e. The molecule has 3 aromatic rings. The number of aromatic hydroxyl groups is 1. The zero-order valence-corrected chi connectivity index (χ0v) is 14.2. The molecule has 0 saturated heterocycles. The van der Waals surface area contributed by atoms with Gasteiger partial charge in [-0.15, -0.1) is 10.2 Å². The minimum atomic E-state index is -0.483. The summed E-state index contributed by atoms with van der Waals surface area (Å²) in [6.45, 7) is 0. The molecule has 25 heavy (non-hydrogen) atoms. The molecule has 4 N–H and O–H groups in total. The maximum Gasteiger partial charge on any atom is 0.252 e. The minimum absolute atomic E-state index is 0.0319. The molecule has 0 fully saturated rings. The van der Waals surface area contributed by atoms with Gasteiger partial charge in [0.2, 0.25) is 5.13 Å². The highest BCUT2D eigenvalue weighted by atomic mass is 32.1. The number of ether oxygens (including phenoxy) is 1. The fourth-order valence-corrected chi connectivity index (χ4v) is 3.02. The molecular formula is C17H16N4O3S. The number of rotatable bonds is 5. The summed E-state index contributed by atoms with van der Waals surface area (Å²) in [5.41, 5.74) is 6.89. The highest BCUT2D eigenvalue weighted by molar-refractivity contribution is 7.15. The summed E-state index contributed by atoms with van der Waals surface area (Å²) in [6, 6.07) is 13.3. The summed E-state index contributed by atoms with van der Waals surface area (Å²) >= 11 is 1.21. The summed E-state index contributed by atoms with van der Waals surface area (Å²) < 4.78 is 5.05. The number of carbonyl (C=O) groups is 1. The quantitative estimate of drug-likeness (QED) is 0.647. The van der Waals surface area contributed by atoms with Crippen molar-refractivity contribution in [2.24, 2.45) is 0 Å². The molecule has 7 nitrogen and oxygen atoms in total. The number of hydrogen-bond donors (Lipinski definition) is 3. The Morgan fingerprint density at radius 2 is 2.00 bits per heavy atom. The number of carbonyl (C=O) groups excluding carboxylic acids is 1. The van der Waals surface area contributed by atoms with E-state index in [1.807, 2.05) is 30.3 Å². The van der Waals surface area contributed by atoms with E-state index in [-0.39, 0.29) is 17.4 Å². The molecule has 0 aliphatic heterocycles. The second kappa shape index (κ2) is 7.18. The molecule has 2 aromatic carbocycles. The molecule has 0 radical (unpaired) electrons. The fraction of sp³-hybridized carbons (Fsp3) is 0.118. The second-order valence-electron chi connectivity index (χ2n) is 5.18. The van der Waals surface area contributed by atoms with E-state index in [0.29, 0.717) is 15.7 Å². The summed E-state index contributed by atoms with van der Waals surface area (Å²) in [7, 11) is 1.42. The number of nitrogens with one attached hydrogen (secondary N) is 1. The first-order valence-electron chi connectivity index (χ1n) is 7.40. The van der Waals surface area contributed by atoms with Crippen molar-refractivity contribution in [3.63, 3.8) is 0 Å². The number of nitrogens with two attached hydrogens (primary N) is 1. The summed E-state index contributed by atoms with van der Waals surface area (Å²) in [5, 5.41) is 21.4. The van der Waals surface area contributed by atoms with Gasteiger partial charge >= 0.3 is 0 Å². The van der Waals surface area contributed by atoms with Crippen molar-refractivity contribution in [1.82, 2.24) is 15.5 Å². The van der Waals surface area contributed by atoms with Crippen LogP contribution in [-0.2, 0) is 0 Å². The zero-order chi connectivity index (χ0) is 17.8. The van der Waals surface area contributed by atoms with Crippen molar-refractivity contribution in [2.75, 3.05) is 12.8 Å². The number of methoxy groups -OCH3 is 1. The number of benzene rings is 2. The van der Waals surface area contributed by atoms with Gasteiger partial charge in [0.25, 0.3) is 5.91 Å². The standard InChI is InChI=1S/C17H16N4O3S/c1-24-13-9-11(7-8-12(13)22)15(23)19-14(10-5-3-2-4-6-10)16-20-21-17(18)25-16/h2-9,14,22H,1H3,(H2,18,21)(H,19,23)/t14-/m1/s1. The maximum atomic E-state index is 12.7. The van der Waals surface area contributed by atoms with Crippen molar-refractivity contribution in [3.05, 3.63) is 64.7 Å². The molecule has 0 unspecified atom stereocenters. The topological polar surface area (TPSA) is 110 Å². The molecule has 0 spiro atoms. The van der Waals surface area contributed by atoms with Crippen molar-refractivity contribution in [2.45, 2.75) is 6.04 Å². The Kier molecular flexibility index (Phi) is 4.80. The normalized spacial score (nSPS) is 11.7. The second-order valence-corrected chi connectivity index (χ2v) is 6.22. The first-order valence-corrected chi connectivity index (χ1v) is 8.22. The van der Waals surface area contributed by atoms with Crippen molar-refractivity contribution >= 4 is 22.4 Å². The van der Waals surface area contributed by atoms with Gasteiger partial charge in [-0.1, -0.05) is 41.7 Å². The van der Waals surface area contributed by atoms with Crippen LogP contribution in [0.3, 0.4) is 0 Å². The number of nitrogens with zero attached hydrogens (tertiary/aromatic N) is 2. The first-order chi connectivity index (χ1) is 12.1. The van der Waals surface area contributed by atoms with Gasteiger partial charge in [0.15, 0.2) is 11.5 Å². The number of aromatic nitrogens is 2. The SMILES string of the molecule is COc1cc(C(=O)N[C@H](c2ccccc2)c2nnc(N)s2)ccc1O. The van der Waals surface area contributed by atoms with E-state index in [2.05, 4.69) is 15.5 Å². The van der Waals surface area contributed by atoms with Crippen LogP contribution in [0.4, 0.5) is 5.13 Å². The van der Waals surface area contributed by atoms with Crippen LogP contribution in [0.2, 0.25) is 0 Å². The van der Waals surface area contributed by atoms with E-state index in [0.717, 1.165) is 5.56 Å². The lowest BCUT2D eigenvalue weighted by atomic mass is 10.1. The van der Waals surface area contributed by atoms with Gasteiger partial charge in [0, 0.05) is 5.56 Å². The number of hydrogen-bond acceptors (Lipinski definition) is 7. The largest absolute Gasteiger partial charge is 0.504 e. The van der Waals surface area contributed by atoms with Crippen LogP contribution in [0.1, 0.15) is 27.0 Å². The average Bonchev–Trinajstić information content (AvgIpc) is 3.06. The molecule has 1 heterocycles. The predicted molar refractivity (Wildman–Crippen MR) is 94.7 cm³/mol. The fourth-order valence-electron chi connectivity index (χ4n) is 2.33. The maximum absolute atomic E-state index is 12.7. The summed E-state index contributed by atoms with van der Waals surface area (Å²) in [5.74, 6) is -0.138. The average molecular weight is 356 g/mol. The molecular weight excluding hydrogens is 340 g/mol. The van der Waals surface area contributed by atoms with Crippen molar-refractivity contribution in [3.8, 4) is 11.5 Å². The zero-order valence-electron chi connectivity index (χ0n) is 13.3. The molecule has 0 bridgehead atoms. The monoisotopic (exact) mass is 356 g/mol. The van der Waals surface area contributed by atoms with Crippen LogP contribution in [-0.4, -0.2) is 28.3 Å². The van der Waals surface area contributed by atoms with Crippen LogP contribution in [0, 0.1) is 0 Å². The Bertz CT molecular complexity index is 883. The Morgan fingerprint density at radius 3 is 2.64 bits per heavy atom. The first kappa shape index (κ1) is 16.7. The van der Waals surface area contributed by atoms with Gasteiger partial charge in [-0.05, 0) is 23.8 Å². The van der Waals surface area contributed by atoms with Crippen LogP contribution in [0.15, 0.2) is 48.5 Å². The number of phenolic OH excluding ortho intramolecular Hbond substituents is 1. The van der Waals surface area contributed by atoms with Crippen LogP contribution in [0.25, 0.3) is 0 Å². The lowest BCUT2D eigenvalue weighted by Crippen LogP contribution is -2.29. The van der Waals surface area contributed by atoms with Gasteiger partial charge in [0.05, 0.1) is 7.11 Å². The van der Waals surface area contributed by atoms with E-state index in [1.165, 1.54) is 36.6 Å². The number of phenols is 1. The molecule has 0 saturated carbocycles. The number of nitrogen functional groups attached to an aromatic ring is 1. The lowest BCUT2D eigenvalue weighted by Gasteiger charge is -2.17. The third-order valence-corrected chi connectivity index (χ3v) is 4.37. The Morgan fingerprint density at radius 1 is 1.24 bits per heavy atom. The molecule has 128 valence electrons. The summed E-state index contributed by atoms with van der Waals surface area (Å²) in [4.78, 5) is 12.7. The van der Waals surface area contributed by atoms with Gasteiger partial charge in [0.1, 0.15) is 11.0 Å². The molecule has 3 rings (SSSR count). The molecule has 8 heteroatoms. The van der Waals surface area contributed by atoms with E-state index < -0.39 is 6.04 Å². The van der Waals surface area contributed by atoms with Crippen LogP contribution >= 0.6 is 11.3 Å². The summed E-state index contributed by atoms with van der Waals surface area (Å²) in [6.07, 6.45) is 0. The van der Waals surface area contributed by atoms with E-state index >= 15 is 0 Å². The van der Waals surface area contributed by atoms with E-state index in [9.17, 15) is 9.90 Å². The Labute approximate surface area is 148 Å². The number of anilines is 1. The molecule has 1 amide bonds. The van der Waals surface area contributed by atoms with Gasteiger partial charge in [-0.3, -0.25) is 4.79 Å². The molecule has 0 aliphatic rings. The van der Waals surface area contributed by atoms with Gasteiger partial charge < -0.3 is 20.9 Å². The molecule has 1 aromatic heterocycles. The number of amides is 1. The van der Waals surface area contributed by atoms with E-state index in [1.54, 1.807) is 0 Å². The highest BCUT2D eigenvalue weighted by Crippen LogP contribution is 2.28. The highest BCUT2D eigenvalue weighted by Gasteiger charge is 2.22. The van der Waals surface area contributed by atoms with Crippen LogP contribution in [0.5, 0.6) is 11.5 Å². The predicted octanol–water partition coefficient (Wildman–Crippen LogP) is 2.35. The van der Waals surface area contributed by atoms with E-state index in [4.69, 9.17) is 10.5 Å². The lowest BCUT2D eigenvalue weighted by molar-refractivity contribution is 0.0942. The van der Waals surface area contributed by atoms with Gasteiger partial charge in [-0.2, -0.15) is 0 Å².